The first-order chi connectivity index (χ1) is 3.66. The van der Waals surface area contributed by atoms with Crippen LogP contribution in [0.5, 0.6) is 0 Å². The smallest absolute Gasteiger partial charge is 0.745 e. The Balaban J connectivity index is -0.0000000817. The van der Waals surface area contributed by atoms with Gasteiger partial charge >= 0.3 is 56.6 Å². The second-order valence-corrected chi connectivity index (χ2v) is 2.45. The van der Waals surface area contributed by atoms with Crippen molar-refractivity contribution in [3.05, 3.63) is 0 Å². The molecule has 0 spiro atoms. The molecule has 0 unspecified atom stereocenters. The van der Waals surface area contributed by atoms with Gasteiger partial charge in [-0.05, 0) is 0 Å². The predicted octanol–water partition coefficient (Wildman–Crippen LogP) is -9.22. The number of nitrogens with one attached hydrogen (secondary N) is 1. The van der Waals surface area contributed by atoms with Crippen molar-refractivity contribution >= 4 is 59.8 Å². The summed E-state index contributed by atoms with van der Waals surface area (Å²) in [5.74, 6) is 0. The van der Waals surface area contributed by atoms with Crippen molar-refractivity contribution in [1.82, 2.24) is 5.32 Å². The summed E-state index contributed by atoms with van der Waals surface area (Å²) < 4.78 is 3.35. The van der Waals surface area contributed by atoms with Gasteiger partial charge in [-0.1, -0.05) is 9.49 Å². The molecule has 46 valence electrons. The first-order valence-corrected chi connectivity index (χ1v) is 3.11. The van der Waals surface area contributed by atoms with Gasteiger partial charge in [0.25, 0.3) is 0 Å². The molecular weight excluding hydrogens is 201 g/mol. The van der Waals surface area contributed by atoms with E-state index in [0.717, 1.165) is 0 Å². The van der Waals surface area contributed by atoms with E-state index in [1.165, 1.54) is 0 Å². The molecule has 0 rings (SSSR count). The molecule has 9 heteroatoms. The standard InChI is InChI=1S/C2H4N2S4.3Li/c5-1(4-8)3-2(6)7;;;/h8H,(H3,3,4,5,6,7);;;/q;3*+1/p-3. The SMILES string of the molecule is S=C([S-])N/C([S-])=N/[S-].[Li+].[Li+].[Li+]. The van der Waals surface area contributed by atoms with Crippen LogP contribution < -0.4 is 61.9 Å². The van der Waals surface area contributed by atoms with E-state index in [1.807, 2.05) is 0 Å². The van der Waals surface area contributed by atoms with Crippen LogP contribution in [0.4, 0.5) is 0 Å². The first kappa shape index (κ1) is 23.1. The van der Waals surface area contributed by atoms with Crippen molar-refractivity contribution in [3.8, 4) is 0 Å². The average molecular weight is 202 g/mol. The van der Waals surface area contributed by atoms with Crippen LogP contribution in [0.2, 0.25) is 0 Å². The zero-order chi connectivity index (χ0) is 6.57. The summed E-state index contributed by atoms with van der Waals surface area (Å²) in [5.41, 5.74) is 0. The maximum absolute atomic E-state index is 4.50. The van der Waals surface area contributed by atoms with E-state index in [-0.39, 0.29) is 66.1 Å². The van der Waals surface area contributed by atoms with Gasteiger partial charge in [-0.2, -0.15) is 0 Å². The number of hydrogen-bond donors (Lipinski definition) is 1. The molecule has 0 saturated carbocycles. The van der Waals surface area contributed by atoms with Gasteiger partial charge in [-0.3, -0.25) is 0 Å². The minimum Gasteiger partial charge on any atom is -0.745 e. The Morgan fingerprint density at radius 2 is 1.55 bits per heavy atom. The van der Waals surface area contributed by atoms with Crippen LogP contribution >= 0.6 is 12.2 Å². The number of hydrogen-bond acceptors (Lipinski definition) is 5. The summed E-state index contributed by atoms with van der Waals surface area (Å²) in [6.45, 7) is 0. The van der Waals surface area contributed by atoms with Gasteiger partial charge in [0.05, 0.1) is 0 Å². The van der Waals surface area contributed by atoms with Gasteiger partial charge in [-0.25, -0.2) is 0 Å². The fourth-order valence-electron chi connectivity index (χ4n) is 0.110. The van der Waals surface area contributed by atoms with Gasteiger partial charge in [0.2, 0.25) is 0 Å². The number of rotatable bonds is 0. The molecule has 11 heavy (non-hydrogen) atoms. The van der Waals surface area contributed by atoms with Gasteiger partial charge < -0.3 is 60.0 Å². The summed E-state index contributed by atoms with van der Waals surface area (Å²) in [7, 11) is 0. The average Bonchev–Trinajstić information content (AvgIpc) is 1.65. The Labute approximate surface area is 124 Å². The molecule has 0 aliphatic heterocycles. The van der Waals surface area contributed by atoms with Gasteiger partial charge in [0.15, 0.2) is 0 Å². The van der Waals surface area contributed by atoms with E-state index in [9.17, 15) is 0 Å². The largest absolute Gasteiger partial charge is 1.00 e. The summed E-state index contributed by atoms with van der Waals surface area (Å²) in [6, 6.07) is 0. The Morgan fingerprint density at radius 3 is 1.64 bits per heavy atom. The van der Waals surface area contributed by atoms with Gasteiger partial charge in [-0.15, -0.1) is 0 Å². The molecule has 0 aliphatic carbocycles. The molecule has 0 aromatic heterocycles. The molecule has 0 aromatic carbocycles. The molecule has 0 fully saturated rings. The van der Waals surface area contributed by atoms with Crippen LogP contribution in [-0.4, -0.2) is 9.49 Å². The fraction of sp³-hybridized carbons (Fsp3) is 0. The van der Waals surface area contributed by atoms with E-state index < -0.39 is 0 Å². The van der Waals surface area contributed by atoms with Crippen molar-refractivity contribution in [3.63, 3.8) is 0 Å². The zero-order valence-corrected chi connectivity index (χ0v) is 9.85. The van der Waals surface area contributed by atoms with Crippen LogP contribution in [0.1, 0.15) is 0 Å². The van der Waals surface area contributed by atoms with E-state index >= 15 is 0 Å². The molecule has 0 radical (unpaired) electrons. The summed E-state index contributed by atoms with van der Waals surface area (Å²) in [4.78, 5) is 0. The summed E-state index contributed by atoms with van der Waals surface area (Å²) in [5, 5.41) is 2.55. The quantitative estimate of drug-likeness (QED) is 0.138. The molecule has 2 nitrogen and oxygen atoms in total. The Hall–Kier alpha value is 2.01. The van der Waals surface area contributed by atoms with E-state index in [2.05, 4.69) is 60.0 Å². The topological polar surface area (TPSA) is 24.4 Å². The van der Waals surface area contributed by atoms with Crippen LogP contribution in [0, 0.1) is 0 Å². The van der Waals surface area contributed by atoms with Crippen LogP contribution in [0.15, 0.2) is 4.40 Å². The third-order valence-electron chi connectivity index (χ3n) is 0.292. The minimum atomic E-state index is 0. The third kappa shape index (κ3) is 18.8. The molecule has 1 N–H and O–H groups in total. The van der Waals surface area contributed by atoms with E-state index in [0.29, 0.717) is 0 Å². The van der Waals surface area contributed by atoms with Crippen LogP contribution in [0.3, 0.4) is 0 Å². The molecule has 0 atom stereocenters. The van der Waals surface area contributed by atoms with Crippen molar-refractivity contribution in [2.24, 2.45) is 4.40 Å². The molecule has 0 saturated heterocycles. The Bertz CT molecular complexity index is 129. The second-order valence-electron chi connectivity index (χ2n) is 0.809. The minimum absolute atomic E-state index is 0. The fourth-order valence-corrected chi connectivity index (χ4v) is 0.580. The predicted molar refractivity (Wildman–Crippen MR) is 45.3 cm³/mol. The third-order valence-corrected chi connectivity index (χ3v) is 0.988. The number of nitrogens with zero attached hydrogens (tertiary/aromatic N) is 1. The van der Waals surface area contributed by atoms with Crippen molar-refractivity contribution in [2.75, 3.05) is 0 Å². The van der Waals surface area contributed by atoms with Crippen molar-refractivity contribution in [1.29, 1.82) is 0 Å². The van der Waals surface area contributed by atoms with Gasteiger partial charge in [0.1, 0.15) is 0 Å². The van der Waals surface area contributed by atoms with Crippen LogP contribution in [0.25, 0.3) is 0 Å². The van der Waals surface area contributed by atoms with Crippen LogP contribution in [-0.2, 0) is 38.1 Å². The maximum Gasteiger partial charge on any atom is 1.00 e. The molecule has 0 amide bonds. The molecule has 0 aromatic rings. The van der Waals surface area contributed by atoms with E-state index in [4.69, 9.17) is 0 Å². The van der Waals surface area contributed by atoms with E-state index in [1.54, 1.807) is 0 Å². The molecule has 0 aliphatic rings. The number of thiocarbonyl (C=S) groups is 1. The molecular formula is C2HLi3N2S4. The first-order valence-electron chi connectivity index (χ1n) is 1.52. The monoisotopic (exact) mass is 202 g/mol. The molecule has 0 bridgehead atoms. The number of amidine groups is 1. The summed E-state index contributed by atoms with van der Waals surface area (Å²) >= 11 is 17.6. The van der Waals surface area contributed by atoms with Gasteiger partial charge in [0, 0.05) is 0 Å². The normalized spacial score (nSPS) is 7.82. The van der Waals surface area contributed by atoms with Crippen molar-refractivity contribution < 1.29 is 56.6 Å². The Kier molecular flexibility index (Phi) is 30.5. The summed E-state index contributed by atoms with van der Waals surface area (Å²) in [6.07, 6.45) is 0. The zero-order valence-electron chi connectivity index (χ0n) is 6.58. The Morgan fingerprint density at radius 1 is 1.18 bits per heavy atom. The second kappa shape index (κ2) is 14.5. The van der Waals surface area contributed by atoms with Crippen molar-refractivity contribution in [2.45, 2.75) is 0 Å². The maximum atomic E-state index is 4.50. The molecule has 0 heterocycles.